The van der Waals surface area contributed by atoms with Crippen molar-refractivity contribution in [1.82, 2.24) is 0 Å². The van der Waals surface area contributed by atoms with Gasteiger partial charge in [0.25, 0.3) is 0 Å². The topological polar surface area (TPSA) is 72.8 Å². The predicted molar refractivity (Wildman–Crippen MR) is 111 cm³/mol. The molecule has 0 bridgehead atoms. The average molecular weight is 413 g/mol. The van der Waals surface area contributed by atoms with Crippen molar-refractivity contribution in [3.63, 3.8) is 0 Å². The lowest BCUT2D eigenvalue weighted by molar-refractivity contribution is -0.175. The molecular formula is C25H32O5. The lowest BCUT2D eigenvalue weighted by atomic mass is 9.51. The summed E-state index contributed by atoms with van der Waals surface area (Å²) in [5.74, 6) is 0.423. The van der Waals surface area contributed by atoms with E-state index in [0.717, 1.165) is 38.5 Å². The zero-order valence-electron chi connectivity index (χ0n) is 18.1. The average Bonchev–Trinajstić information content (AvgIpc) is 3.20. The highest BCUT2D eigenvalue weighted by atomic mass is 16.7. The minimum absolute atomic E-state index is 0.0776. The summed E-state index contributed by atoms with van der Waals surface area (Å²) in [6.45, 7) is 5.96. The van der Waals surface area contributed by atoms with Crippen LogP contribution in [0.15, 0.2) is 35.5 Å². The predicted octanol–water partition coefficient (Wildman–Crippen LogP) is 3.67. The van der Waals surface area contributed by atoms with Crippen LogP contribution in [-0.2, 0) is 19.1 Å². The molecule has 1 heterocycles. The molecule has 0 aromatic carbocycles. The van der Waals surface area contributed by atoms with E-state index in [1.54, 1.807) is 6.08 Å². The molecule has 5 nitrogen and oxygen atoms in total. The third-order valence-electron chi connectivity index (χ3n) is 8.82. The van der Waals surface area contributed by atoms with E-state index in [1.165, 1.54) is 11.1 Å². The highest BCUT2D eigenvalue weighted by Gasteiger charge is 2.73. The van der Waals surface area contributed by atoms with Gasteiger partial charge in [0.15, 0.2) is 23.5 Å². The second-order valence-electron chi connectivity index (χ2n) is 10.2. The molecule has 7 atom stereocenters. The molecule has 0 amide bonds. The van der Waals surface area contributed by atoms with E-state index in [0.29, 0.717) is 5.92 Å². The van der Waals surface area contributed by atoms with Gasteiger partial charge < -0.3 is 14.6 Å². The molecule has 1 unspecified atom stereocenters. The molecule has 0 aromatic rings. The molecule has 162 valence electrons. The molecule has 5 rings (SSSR count). The van der Waals surface area contributed by atoms with Gasteiger partial charge in [0.1, 0.15) is 6.61 Å². The number of carbonyl (C=O) groups excluding carboxylic acids is 2. The number of allylic oxidation sites excluding steroid dienone is 6. The zero-order valence-corrected chi connectivity index (χ0v) is 18.1. The van der Waals surface area contributed by atoms with Crippen LogP contribution in [0.1, 0.15) is 59.3 Å². The van der Waals surface area contributed by atoms with Crippen LogP contribution in [0.2, 0.25) is 0 Å². The SMILES string of the molecule is CCCC1O[C@H]2C[C@H]3[C@@H]4CCC5=CC(=O)C=C[C@]5(C)C4=CC[C@]3(C)[C@]2(C(=O)CO)O1. The molecule has 0 radical (unpaired) electrons. The van der Waals surface area contributed by atoms with Gasteiger partial charge in [-0.1, -0.05) is 43.6 Å². The Balaban J connectivity index is 1.57. The Morgan fingerprint density at radius 1 is 1.33 bits per heavy atom. The fourth-order valence-electron chi connectivity index (χ4n) is 7.33. The van der Waals surface area contributed by atoms with E-state index < -0.39 is 17.6 Å². The molecular weight excluding hydrogens is 380 g/mol. The number of Topliss-reactive ketones (excluding diaryl/α,β-unsaturated/α-hetero) is 1. The molecule has 1 N–H and O–H groups in total. The van der Waals surface area contributed by atoms with E-state index in [1.807, 2.05) is 6.08 Å². The molecule has 2 saturated carbocycles. The summed E-state index contributed by atoms with van der Waals surface area (Å²) in [6, 6.07) is 0. The fourth-order valence-corrected chi connectivity index (χ4v) is 7.33. The smallest absolute Gasteiger partial charge is 0.193 e. The largest absolute Gasteiger partial charge is 0.388 e. The van der Waals surface area contributed by atoms with Gasteiger partial charge in [-0.15, -0.1) is 0 Å². The third kappa shape index (κ3) is 2.40. The molecule has 1 saturated heterocycles. The number of aliphatic hydroxyl groups is 1. The molecule has 0 spiro atoms. The van der Waals surface area contributed by atoms with Crippen molar-refractivity contribution in [3.8, 4) is 0 Å². The van der Waals surface area contributed by atoms with Crippen LogP contribution in [0.3, 0.4) is 0 Å². The molecule has 5 heteroatoms. The lowest BCUT2D eigenvalue weighted by Crippen LogP contribution is -2.59. The van der Waals surface area contributed by atoms with Crippen LogP contribution in [0.25, 0.3) is 0 Å². The number of rotatable bonds is 4. The van der Waals surface area contributed by atoms with Crippen LogP contribution in [0.5, 0.6) is 0 Å². The quantitative estimate of drug-likeness (QED) is 0.714. The maximum absolute atomic E-state index is 13.2. The first-order valence-electron chi connectivity index (χ1n) is 11.4. The molecule has 4 aliphatic carbocycles. The summed E-state index contributed by atoms with van der Waals surface area (Å²) in [6.07, 6.45) is 12.3. The second kappa shape index (κ2) is 6.72. The summed E-state index contributed by atoms with van der Waals surface area (Å²) in [5, 5.41) is 9.86. The number of hydrogen-bond acceptors (Lipinski definition) is 5. The summed E-state index contributed by atoms with van der Waals surface area (Å²) < 4.78 is 12.7. The van der Waals surface area contributed by atoms with Crippen molar-refractivity contribution in [2.75, 3.05) is 6.61 Å². The van der Waals surface area contributed by atoms with Gasteiger partial charge in [-0.2, -0.15) is 0 Å². The first-order valence-corrected chi connectivity index (χ1v) is 11.4. The van der Waals surface area contributed by atoms with Gasteiger partial charge in [0.05, 0.1) is 6.10 Å². The Bertz CT molecular complexity index is 884. The Labute approximate surface area is 178 Å². The van der Waals surface area contributed by atoms with Gasteiger partial charge in [0.2, 0.25) is 0 Å². The van der Waals surface area contributed by atoms with Crippen LogP contribution < -0.4 is 0 Å². The van der Waals surface area contributed by atoms with Crippen molar-refractivity contribution in [3.05, 3.63) is 35.5 Å². The van der Waals surface area contributed by atoms with Gasteiger partial charge in [-0.3, -0.25) is 9.59 Å². The van der Waals surface area contributed by atoms with Gasteiger partial charge in [-0.25, -0.2) is 0 Å². The van der Waals surface area contributed by atoms with Gasteiger partial charge >= 0.3 is 0 Å². The first kappa shape index (κ1) is 20.3. The summed E-state index contributed by atoms with van der Waals surface area (Å²) >= 11 is 0. The van der Waals surface area contributed by atoms with Crippen molar-refractivity contribution in [2.24, 2.45) is 22.7 Å². The first-order chi connectivity index (χ1) is 14.3. The maximum atomic E-state index is 13.2. The zero-order chi connectivity index (χ0) is 21.3. The number of aliphatic hydroxyl groups excluding tert-OH is 1. The van der Waals surface area contributed by atoms with Gasteiger partial charge in [-0.05, 0) is 63.0 Å². The van der Waals surface area contributed by atoms with E-state index in [-0.39, 0.29) is 35.3 Å². The summed E-state index contributed by atoms with van der Waals surface area (Å²) in [5.41, 5.74) is 0.902. The van der Waals surface area contributed by atoms with Crippen LogP contribution in [0.4, 0.5) is 0 Å². The number of ketones is 2. The molecule has 5 aliphatic rings. The summed E-state index contributed by atoms with van der Waals surface area (Å²) in [7, 11) is 0. The van der Waals surface area contributed by atoms with E-state index >= 15 is 0 Å². The third-order valence-corrected chi connectivity index (χ3v) is 8.82. The summed E-state index contributed by atoms with van der Waals surface area (Å²) in [4.78, 5) is 25.1. The standard InChI is InChI=1S/C25H32O5/c1-4-5-22-29-21-13-19-17-7-6-15-12-16(27)8-10-23(15,2)18(17)9-11-24(19,3)25(21,30-22)20(28)14-26/h8-10,12,17,19,21-22,26H,4-7,11,13-14H2,1-3H3/t17-,19+,21+,22?,23+,24+,25-/m1/s1. The number of ether oxygens (including phenoxy) is 2. The lowest BCUT2D eigenvalue weighted by Gasteiger charge is -2.53. The minimum Gasteiger partial charge on any atom is -0.388 e. The van der Waals surface area contributed by atoms with E-state index in [9.17, 15) is 14.7 Å². The highest BCUT2D eigenvalue weighted by molar-refractivity contribution is 6.01. The van der Waals surface area contributed by atoms with E-state index in [4.69, 9.17) is 9.47 Å². The number of carbonyl (C=O) groups is 2. The van der Waals surface area contributed by atoms with Crippen LogP contribution in [0, 0.1) is 22.7 Å². The Morgan fingerprint density at radius 2 is 2.13 bits per heavy atom. The van der Waals surface area contributed by atoms with Gasteiger partial charge in [0, 0.05) is 10.8 Å². The van der Waals surface area contributed by atoms with E-state index in [2.05, 4.69) is 32.9 Å². The minimum atomic E-state index is -1.07. The fraction of sp³-hybridized carbons (Fsp3) is 0.680. The Hall–Kier alpha value is -1.56. The normalized spacial score (nSPS) is 46.5. The molecule has 1 aliphatic heterocycles. The van der Waals surface area contributed by atoms with Crippen molar-refractivity contribution in [1.29, 1.82) is 0 Å². The number of hydrogen-bond donors (Lipinski definition) is 1. The van der Waals surface area contributed by atoms with Crippen molar-refractivity contribution >= 4 is 11.6 Å². The molecule has 3 fully saturated rings. The van der Waals surface area contributed by atoms with Crippen molar-refractivity contribution in [2.45, 2.75) is 77.3 Å². The van der Waals surface area contributed by atoms with Crippen molar-refractivity contribution < 1.29 is 24.2 Å². The van der Waals surface area contributed by atoms with Crippen LogP contribution in [-0.4, -0.2) is 41.3 Å². The maximum Gasteiger partial charge on any atom is 0.193 e. The molecule has 0 aromatic heterocycles. The van der Waals surface area contributed by atoms with Crippen LogP contribution >= 0.6 is 0 Å². The Kier molecular flexibility index (Phi) is 4.56. The highest BCUT2D eigenvalue weighted by Crippen LogP contribution is 2.68. The second-order valence-corrected chi connectivity index (χ2v) is 10.2. The Morgan fingerprint density at radius 3 is 2.87 bits per heavy atom. The molecule has 30 heavy (non-hydrogen) atoms. The monoisotopic (exact) mass is 412 g/mol. The number of fused-ring (bicyclic) bond motifs is 7.